The fourth-order valence-electron chi connectivity index (χ4n) is 4.79. The van der Waals surface area contributed by atoms with Gasteiger partial charge in [-0.1, -0.05) is 12.1 Å². The van der Waals surface area contributed by atoms with Crippen LogP contribution in [0.1, 0.15) is 47.0 Å². The molecule has 2 aromatic heterocycles. The van der Waals surface area contributed by atoms with Crippen molar-refractivity contribution >= 4 is 34.6 Å². The number of pyridine rings is 1. The topological polar surface area (TPSA) is 89.4 Å². The number of aryl methyl sites for hydroxylation is 2. The minimum atomic E-state index is -1.31. The van der Waals surface area contributed by atoms with Crippen LogP contribution in [0.4, 0.5) is 10.2 Å². The summed E-state index contributed by atoms with van der Waals surface area (Å²) in [5.74, 6) is 1.05. The molecule has 0 radical (unpaired) electrons. The predicted octanol–water partition coefficient (Wildman–Crippen LogP) is 6.17. The number of likely N-dealkylation sites (tertiary alicyclic amines) is 1. The van der Waals surface area contributed by atoms with E-state index in [1.165, 1.54) is 0 Å². The molecule has 3 heterocycles. The molecule has 4 aromatic rings. The number of halogens is 1. The molecule has 0 saturated carbocycles. The van der Waals surface area contributed by atoms with Crippen LogP contribution in [-0.4, -0.2) is 40.3 Å². The highest BCUT2D eigenvalue weighted by Crippen LogP contribution is 2.31. The van der Waals surface area contributed by atoms with Crippen molar-refractivity contribution in [2.75, 3.05) is 18.8 Å². The number of anilines is 1. The summed E-state index contributed by atoms with van der Waals surface area (Å²) in [5, 5.41) is 0.963. The van der Waals surface area contributed by atoms with Gasteiger partial charge in [-0.05, 0) is 90.7 Å². The van der Waals surface area contributed by atoms with E-state index in [0.29, 0.717) is 37.2 Å². The van der Waals surface area contributed by atoms with Gasteiger partial charge >= 0.3 is 0 Å². The average Bonchev–Trinajstić information content (AvgIpc) is 3.49. The Labute approximate surface area is 221 Å². The molecule has 38 heavy (non-hydrogen) atoms. The van der Waals surface area contributed by atoms with E-state index in [1.54, 1.807) is 48.4 Å². The molecular weight excluding hydrogens is 481 g/mol. The van der Waals surface area contributed by atoms with Crippen molar-refractivity contribution in [3.63, 3.8) is 0 Å². The Morgan fingerprint density at radius 2 is 1.92 bits per heavy atom. The molecule has 0 spiro atoms. The molecule has 0 bridgehead atoms. The summed E-state index contributed by atoms with van der Waals surface area (Å²) in [4.78, 5) is 30.7. The smallest absolute Gasteiger partial charge is 0.253 e. The van der Waals surface area contributed by atoms with Crippen LogP contribution >= 0.6 is 0 Å². The molecule has 6 nitrogen and oxygen atoms in total. The summed E-state index contributed by atoms with van der Waals surface area (Å²) in [7, 11) is 0. The average molecular weight is 512 g/mol. The lowest BCUT2D eigenvalue weighted by Gasteiger charge is -2.17. The van der Waals surface area contributed by atoms with Gasteiger partial charge in [-0.25, -0.2) is 9.37 Å². The van der Waals surface area contributed by atoms with E-state index in [4.69, 9.17) is 10.2 Å². The molecule has 2 aromatic carbocycles. The minimum Gasteiger partial charge on any atom is -0.461 e. The molecule has 1 aliphatic heterocycles. The molecule has 1 saturated heterocycles. The summed E-state index contributed by atoms with van der Waals surface area (Å²) in [6.45, 7) is 4.11. The maximum atomic E-state index is 14.2. The molecule has 7 heteroatoms. The first-order chi connectivity index (χ1) is 18.2. The third kappa shape index (κ3) is 5.67. The fraction of sp³-hybridized carbons (Fsp3) is 0.258. The molecule has 1 aliphatic rings. The molecular formula is C31H30FN3O3. The van der Waals surface area contributed by atoms with Gasteiger partial charge in [0.05, 0.1) is 6.54 Å². The van der Waals surface area contributed by atoms with Crippen LogP contribution in [0.5, 0.6) is 0 Å². The van der Waals surface area contributed by atoms with Gasteiger partial charge in [0.15, 0.2) is 5.78 Å². The number of hydrogen-bond acceptors (Lipinski definition) is 5. The van der Waals surface area contributed by atoms with Crippen LogP contribution < -0.4 is 5.73 Å². The summed E-state index contributed by atoms with van der Waals surface area (Å²) in [6, 6.07) is 17.0. The van der Waals surface area contributed by atoms with Crippen LogP contribution in [0, 0.1) is 6.92 Å². The Bertz CT molecular complexity index is 1520. The molecule has 1 unspecified atom stereocenters. The number of rotatable bonds is 7. The molecule has 5 rings (SSSR count). The number of amides is 1. The van der Waals surface area contributed by atoms with Crippen molar-refractivity contribution in [2.24, 2.45) is 0 Å². The Morgan fingerprint density at radius 3 is 2.61 bits per heavy atom. The van der Waals surface area contributed by atoms with E-state index in [1.807, 2.05) is 31.2 Å². The number of aromatic nitrogens is 1. The van der Waals surface area contributed by atoms with Crippen molar-refractivity contribution in [1.29, 1.82) is 0 Å². The lowest BCUT2D eigenvalue weighted by atomic mass is 10.00. The van der Waals surface area contributed by atoms with Gasteiger partial charge in [-0.15, -0.1) is 0 Å². The van der Waals surface area contributed by atoms with Crippen LogP contribution in [0.2, 0.25) is 0 Å². The second-order valence-electron chi connectivity index (χ2n) is 10.2. The Balaban J connectivity index is 1.26. The summed E-state index contributed by atoms with van der Waals surface area (Å²) in [5.41, 5.74) is 9.42. The lowest BCUT2D eigenvalue weighted by molar-refractivity contribution is -0.114. The van der Waals surface area contributed by atoms with E-state index in [9.17, 15) is 14.0 Å². The highest BCUT2D eigenvalue weighted by Gasteiger charge is 2.36. The predicted molar refractivity (Wildman–Crippen MR) is 147 cm³/mol. The van der Waals surface area contributed by atoms with Crippen molar-refractivity contribution in [3.05, 3.63) is 89.3 Å². The number of fused-ring (bicyclic) bond motifs is 1. The molecule has 0 aliphatic carbocycles. The standard InChI is InChI=1S/C31H30FN3O3/c1-20-15-24(22-5-7-23(8-6-22)30(37)35-14-13-31(2,32)19-35)16-25-17-27(38-29(20)25)11-10-26(36)9-3-21-4-12-28(33)34-18-21/h3-9,12,15-18H,10-11,13-14,19H2,1-2H3,(H2,33,34)/b9-3+. The second kappa shape index (κ2) is 10.2. The molecule has 2 N–H and O–H groups in total. The Hall–Kier alpha value is -4.26. The van der Waals surface area contributed by atoms with Crippen molar-refractivity contribution in [3.8, 4) is 11.1 Å². The summed E-state index contributed by atoms with van der Waals surface area (Å²) in [6.07, 6.45) is 6.10. The maximum Gasteiger partial charge on any atom is 0.253 e. The molecule has 1 atom stereocenters. The zero-order valence-electron chi connectivity index (χ0n) is 21.5. The summed E-state index contributed by atoms with van der Waals surface area (Å²) >= 11 is 0. The largest absolute Gasteiger partial charge is 0.461 e. The van der Waals surface area contributed by atoms with Gasteiger partial charge in [0.1, 0.15) is 22.8 Å². The maximum absolute atomic E-state index is 14.2. The number of benzene rings is 2. The highest BCUT2D eigenvalue weighted by molar-refractivity contribution is 5.95. The normalized spacial score (nSPS) is 17.5. The van der Waals surface area contributed by atoms with E-state index in [0.717, 1.165) is 39.0 Å². The number of ketones is 1. The van der Waals surface area contributed by atoms with Crippen LogP contribution in [0.15, 0.2) is 71.3 Å². The van der Waals surface area contributed by atoms with Gasteiger partial charge in [0.2, 0.25) is 0 Å². The van der Waals surface area contributed by atoms with E-state index >= 15 is 0 Å². The first-order valence-electron chi connectivity index (χ1n) is 12.7. The Kier molecular flexibility index (Phi) is 6.85. The van der Waals surface area contributed by atoms with E-state index in [-0.39, 0.29) is 18.2 Å². The van der Waals surface area contributed by atoms with Gasteiger partial charge in [-0.2, -0.15) is 0 Å². The zero-order chi connectivity index (χ0) is 26.9. The number of furan rings is 1. The van der Waals surface area contributed by atoms with Gasteiger partial charge < -0.3 is 15.1 Å². The van der Waals surface area contributed by atoms with Crippen molar-refractivity contribution < 1.29 is 18.4 Å². The minimum absolute atomic E-state index is 0.000555. The lowest BCUT2D eigenvalue weighted by Crippen LogP contribution is -2.31. The van der Waals surface area contributed by atoms with Crippen molar-refractivity contribution in [1.82, 2.24) is 9.88 Å². The Morgan fingerprint density at radius 1 is 1.13 bits per heavy atom. The number of carbonyl (C=O) groups excluding carboxylic acids is 2. The third-order valence-electron chi connectivity index (χ3n) is 6.92. The van der Waals surface area contributed by atoms with Crippen LogP contribution in [0.25, 0.3) is 28.2 Å². The van der Waals surface area contributed by atoms with E-state index in [2.05, 4.69) is 17.1 Å². The zero-order valence-corrected chi connectivity index (χ0v) is 21.5. The first-order valence-corrected chi connectivity index (χ1v) is 12.7. The SMILES string of the molecule is Cc1cc(-c2ccc(C(=O)N3CCC(C)(F)C3)cc2)cc2cc(CCC(=O)/C=C/c3ccc(N)nc3)oc12. The number of carbonyl (C=O) groups is 2. The van der Waals surface area contributed by atoms with Gasteiger partial charge in [0.25, 0.3) is 5.91 Å². The fourth-order valence-corrected chi connectivity index (χ4v) is 4.79. The molecule has 1 amide bonds. The second-order valence-corrected chi connectivity index (χ2v) is 10.2. The first kappa shape index (κ1) is 25.4. The number of hydrogen-bond donors (Lipinski definition) is 1. The van der Waals surface area contributed by atoms with Crippen molar-refractivity contribution in [2.45, 2.75) is 38.8 Å². The third-order valence-corrected chi connectivity index (χ3v) is 6.92. The van der Waals surface area contributed by atoms with Crippen LogP contribution in [0.3, 0.4) is 0 Å². The van der Waals surface area contributed by atoms with E-state index < -0.39 is 5.67 Å². The molecule has 1 fully saturated rings. The highest BCUT2D eigenvalue weighted by atomic mass is 19.1. The summed E-state index contributed by atoms with van der Waals surface area (Å²) < 4.78 is 20.2. The number of allylic oxidation sites excluding steroid dienone is 1. The molecule has 194 valence electrons. The number of alkyl halides is 1. The van der Waals surface area contributed by atoms with Gasteiger partial charge in [0, 0.05) is 43.0 Å². The number of nitrogens with two attached hydrogens (primary N) is 1. The number of nitrogens with zero attached hydrogens (tertiary/aromatic N) is 2. The number of nitrogen functional groups attached to an aromatic ring is 1. The monoisotopic (exact) mass is 511 g/mol. The quantitative estimate of drug-likeness (QED) is 0.300. The van der Waals surface area contributed by atoms with Gasteiger partial charge in [-0.3, -0.25) is 9.59 Å². The van der Waals surface area contributed by atoms with Crippen LogP contribution in [-0.2, 0) is 11.2 Å².